The summed E-state index contributed by atoms with van der Waals surface area (Å²) in [6.45, 7) is 2.10. The van der Waals surface area contributed by atoms with Gasteiger partial charge in [-0.3, -0.25) is 19.3 Å². The number of hydrogen-bond acceptors (Lipinski definition) is 7. The van der Waals surface area contributed by atoms with Crippen molar-refractivity contribution in [1.29, 1.82) is 0 Å². The summed E-state index contributed by atoms with van der Waals surface area (Å²) in [6, 6.07) is 13.5. The largest absolute Gasteiger partial charge is 0.437 e. The Morgan fingerprint density at radius 3 is 2.46 bits per heavy atom. The Kier molecular flexibility index (Phi) is 6.88. The van der Waals surface area contributed by atoms with Crippen molar-refractivity contribution in [3.8, 4) is 11.6 Å². The lowest BCUT2D eigenvalue weighted by molar-refractivity contribution is 0.0994. The van der Waals surface area contributed by atoms with Gasteiger partial charge in [0.15, 0.2) is 0 Å². The zero-order valence-corrected chi connectivity index (χ0v) is 19.3. The predicted octanol–water partition coefficient (Wildman–Crippen LogP) is 1.97. The van der Waals surface area contributed by atoms with E-state index in [1.807, 2.05) is 0 Å². The van der Waals surface area contributed by atoms with Crippen LogP contribution >= 0.6 is 11.6 Å². The van der Waals surface area contributed by atoms with Crippen LogP contribution in [0.15, 0.2) is 75.5 Å². The quantitative estimate of drug-likeness (QED) is 0.401. The molecule has 0 fully saturated rings. The van der Waals surface area contributed by atoms with Gasteiger partial charge in [0.05, 0.1) is 24.6 Å². The van der Waals surface area contributed by atoms with Crippen LogP contribution in [-0.4, -0.2) is 30.0 Å². The van der Waals surface area contributed by atoms with Crippen LogP contribution in [0.2, 0.25) is 5.02 Å². The van der Waals surface area contributed by atoms with Gasteiger partial charge in [-0.25, -0.2) is 24.1 Å². The van der Waals surface area contributed by atoms with Gasteiger partial charge in [-0.05, 0) is 48.9 Å². The van der Waals surface area contributed by atoms with Gasteiger partial charge in [0.2, 0.25) is 11.5 Å². The highest BCUT2D eigenvalue weighted by Gasteiger charge is 2.09. The molecule has 0 atom stereocenters. The van der Waals surface area contributed by atoms with Crippen LogP contribution in [0, 0.1) is 0 Å². The Morgan fingerprint density at radius 1 is 1.09 bits per heavy atom. The third-order valence-corrected chi connectivity index (χ3v) is 5.16. The van der Waals surface area contributed by atoms with Crippen molar-refractivity contribution >= 4 is 23.2 Å². The lowest BCUT2D eigenvalue weighted by atomic mass is 10.2. The van der Waals surface area contributed by atoms with E-state index in [9.17, 15) is 14.4 Å². The van der Waals surface area contributed by atoms with Crippen LogP contribution in [0.25, 0.3) is 0 Å². The first-order valence-corrected chi connectivity index (χ1v) is 10.8. The van der Waals surface area contributed by atoms with Gasteiger partial charge in [0.1, 0.15) is 11.4 Å². The van der Waals surface area contributed by atoms with Gasteiger partial charge in [0.25, 0.3) is 5.91 Å². The SMILES string of the molecule is CCn1c(=O)[nH]/c(=N\c2ccc(Oc3cncc(C(N)=O)n3)cc2)n(Cc2ccc(Cl)cc2)c1=O. The van der Waals surface area contributed by atoms with Crippen molar-refractivity contribution in [3.05, 3.63) is 104 Å². The summed E-state index contributed by atoms with van der Waals surface area (Å²) < 4.78 is 8.07. The molecule has 11 nitrogen and oxygen atoms in total. The van der Waals surface area contributed by atoms with E-state index in [1.54, 1.807) is 55.5 Å². The minimum Gasteiger partial charge on any atom is -0.437 e. The van der Waals surface area contributed by atoms with E-state index in [0.29, 0.717) is 16.5 Å². The lowest BCUT2D eigenvalue weighted by Crippen LogP contribution is -2.49. The molecule has 0 aliphatic carbocycles. The first-order valence-electron chi connectivity index (χ1n) is 10.5. The van der Waals surface area contributed by atoms with Crippen LogP contribution < -0.4 is 27.5 Å². The molecule has 0 bridgehead atoms. The number of nitrogens with zero attached hydrogens (tertiary/aromatic N) is 5. The number of carbonyl (C=O) groups excluding carboxylic acids is 1. The summed E-state index contributed by atoms with van der Waals surface area (Å²) >= 11 is 5.96. The molecule has 0 aliphatic heterocycles. The zero-order chi connectivity index (χ0) is 24.9. The molecule has 0 aliphatic rings. The summed E-state index contributed by atoms with van der Waals surface area (Å²) in [4.78, 5) is 51.7. The number of carbonyl (C=O) groups is 1. The first kappa shape index (κ1) is 23.6. The molecule has 3 N–H and O–H groups in total. The van der Waals surface area contributed by atoms with E-state index >= 15 is 0 Å². The summed E-state index contributed by atoms with van der Waals surface area (Å²) in [7, 11) is 0. The van der Waals surface area contributed by atoms with E-state index in [-0.39, 0.29) is 30.3 Å². The van der Waals surface area contributed by atoms with Crippen LogP contribution in [0.4, 0.5) is 5.69 Å². The van der Waals surface area contributed by atoms with Crippen LogP contribution in [0.3, 0.4) is 0 Å². The van der Waals surface area contributed by atoms with Gasteiger partial charge >= 0.3 is 11.4 Å². The van der Waals surface area contributed by atoms with Crippen molar-refractivity contribution in [2.75, 3.05) is 0 Å². The van der Waals surface area contributed by atoms with Gasteiger partial charge in [-0.1, -0.05) is 23.7 Å². The van der Waals surface area contributed by atoms with E-state index in [4.69, 9.17) is 22.1 Å². The molecular formula is C23H20ClN7O4. The van der Waals surface area contributed by atoms with Crippen LogP contribution in [0.5, 0.6) is 11.6 Å². The fourth-order valence-electron chi connectivity index (χ4n) is 3.18. The van der Waals surface area contributed by atoms with Crippen molar-refractivity contribution in [3.63, 3.8) is 0 Å². The molecule has 178 valence electrons. The van der Waals surface area contributed by atoms with Gasteiger partial charge in [-0.2, -0.15) is 0 Å². The number of rotatable bonds is 7. The molecule has 0 radical (unpaired) electrons. The van der Waals surface area contributed by atoms with E-state index in [2.05, 4.69) is 19.9 Å². The summed E-state index contributed by atoms with van der Waals surface area (Å²) in [5, 5.41) is 0.575. The third kappa shape index (κ3) is 5.53. The number of halogens is 1. The Balaban J connectivity index is 1.68. The number of nitrogens with one attached hydrogen (secondary N) is 1. The molecule has 2 aromatic heterocycles. The zero-order valence-electron chi connectivity index (χ0n) is 18.5. The number of hydrogen-bond donors (Lipinski definition) is 2. The molecule has 0 unspecified atom stereocenters. The third-order valence-electron chi connectivity index (χ3n) is 4.91. The maximum absolute atomic E-state index is 13.0. The van der Waals surface area contributed by atoms with Crippen LogP contribution in [-0.2, 0) is 13.1 Å². The summed E-state index contributed by atoms with van der Waals surface area (Å²) in [6.07, 6.45) is 2.58. The predicted molar refractivity (Wildman–Crippen MR) is 128 cm³/mol. The highest BCUT2D eigenvalue weighted by atomic mass is 35.5. The fraction of sp³-hybridized carbons (Fsp3) is 0.130. The van der Waals surface area contributed by atoms with Crippen molar-refractivity contribution < 1.29 is 9.53 Å². The van der Waals surface area contributed by atoms with Crippen molar-refractivity contribution in [1.82, 2.24) is 24.1 Å². The minimum atomic E-state index is -0.719. The molecule has 4 rings (SSSR count). The maximum atomic E-state index is 13.0. The molecule has 2 heterocycles. The van der Waals surface area contributed by atoms with Gasteiger partial charge < -0.3 is 10.5 Å². The Labute approximate surface area is 203 Å². The number of ether oxygens (including phenoxy) is 1. The number of nitrogens with two attached hydrogens (primary N) is 1. The Bertz CT molecular complexity index is 1560. The second kappa shape index (κ2) is 10.2. The van der Waals surface area contributed by atoms with Crippen molar-refractivity contribution in [2.45, 2.75) is 20.0 Å². The standard InChI is InChI=1S/C23H20ClN7O4/c1-2-30-22(33)29-21(31(23(30)34)13-14-3-5-15(24)6-4-14)27-16-7-9-17(10-8-16)35-19-12-26-11-18(28-19)20(25)32/h3-12H,2,13H2,1H3,(H2,25,32)(H,27,29,33). The number of primary amides is 1. The molecule has 12 heteroatoms. The normalized spacial score (nSPS) is 11.4. The second-order valence-electron chi connectivity index (χ2n) is 7.31. The molecular weight excluding hydrogens is 474 g/mol. The number of amides is 1. The number of aromatic nitrogens is 5. The topological polar surface area (TPSA) is 150 Å². The van der Waals surface area contributed by atoms with E-state index in [1.165, 1.54) is 17.0 Å². The highest BCUT2D eigenvalue weighted by molar-refractivity contribution is 6.30. The fourth-order valence-corrected chi connectivity index (χ4v) is 3.31. The molecule has 4 aromatic rings. The van der Waals surface area contributed by atoms with Crippen molar-refractivity contribution in [2.24, 2.45) is 10.7 Å². The lowest BCUT2D eigenvalue weighted by Gasteiger charge is -2.10. The van der Waals surface area contributed by atoms with Crippen LogP contribution in [0.1, 0.15) is 23.0 Å². The minimum absolute atomic E-state index is 0.0230. The first-order chi connectivity index (χ1) is 16.8. The monoisotopic (exact) mass is 493 g/mol. The number of benzene rings is 2. The molecule has 2 aromatic carbocycles. The van der Waals surface area contributed by atoms with Gasteiger partial charge in [0, 0.05) is 11.6 Å². The second-order valence-corrected chi connectivity index (χ2v) is 7.74. The van der Waals surface area contributed by atoms with E-state index < -0.39 is 17.3 Å². The average Bonchev–Trinajstić information content (AvgIpc) is 2.84. The summed E-state index contributed by atoms with van der Waals surface area (Å²) in [5.41, 5.74) is 5.50. The molecule has 0 saturated heterocycles. The van der Waals surface area contributed by atoms with E-state index in [0.717, 1.165) is 10.1 Å². The highest BCUT2D eigenvalue weighted by Crippen LogP contribution is 2.22. The molecule has 0 spiro atoms. The maximum Gasteiger partial charge on any atom is 0.335 e. The summed E-state index contributed by atoms with van der Waals surface area (Å²) in [5.74, 6) is -0.217. The Morgan fingerprint density at radius 2 is 1.80 bits per heavy atom. The Hall–Kier alpha value is -4.51. The smallest absolute Gasteiger partial charge is 0.335 e. The van der Waals surface area contributed by atoms with Gasteiger partial charge in [-0.15, -0.1) is 0 Å². The average molecular weight is 494 g/mol. The number of H-pyrrole nitrogens is 1. The molecule has 1 amide bonds. The molecule has 35 heavy (non-hydrogen) atoms. The number of aromatic amines is 1. The molecule has 0 saturated carbocycles.